The maximum Gasteiger partial charge on any atom is 0.178 e. The van der Waals surface area contributed by atoms with E-state index in [0.29, 0.717) is 0 Å². The largest absolute Gasteiger partial charge is 0.310 e. The third kappa shape index (κ3) is 1.38. The molecule has 2 aromatic rings. The highest BCUT2D eigenvalue weighted by atomic mass is 15.4. The van der Waals surface area contributed by atoms with Crippen LogP contribution >= 0.6 is 0 Å². The van der Waals surface area contributed by atoms with Crippen LogP contribution in [0.3, 0.4) is 0 Å². The van der Waals surface area contributed by atoms with Crippen molar-refractivity contribution < 1.29 is 0 Å². The minimum Gasteiger partial charge on any atom is -0.310 e. The molecule has 1 aromatic heterocycles. The van der Waals surface area contributed by atoms with Gasteiger partial charge < -0.3 is 9.80 Å². The van der Waals surface area contributed by atoms with Crippen molar-refractivity contribution in [2.75, 3.05) is 22.9 Å². The number of aromatic nitrogens is 2. The third-order valence-electron chi connectivity index (χ3n) is 3.30. The van der Waals surface area contributed by atoms with Crippen molar-refractivity contribution in [1.29, 1.82) is 0 Å². The van der Waals surface area contributed by atoms with Gasteiger partial charge in [-0.1, -0.05) is 18.7 Å². The molecule has 3 rings (SSSR count). The van der Waals surface area contributed by atoms with Crippen molar-refractivity contribution in [1.82, 2.24) is 9.97 Å². The lowest BCUT2D eigenvalue weighted by Gasteiger charge is -2.20. The minimum absolute atomic E-state index is 0.857. The van der Waals surface area contributed by atoms with E-state index in [1.54, 1.807) is 0 Å². The molecular formula is C14H16N4. The lowest BCUT2D eigenvalue weighted by molar-refractivity contribution is 0.895. The van der Waals surface area contributed by atoms with E-state index in [-0.39, 0.29) is 0 Å². The highest BCUT2D eigenvalue weighted by molar-refractivity contribution is 5.85. The van der Waals surface area contributed by atoms with Gasteiger partial charge in [-0.3, -0.25) is 0 Å². The summed E-state index contributed by atoms with van der Waals surface area (Å²) in [4.78, 5) is 13.7. The monoisotopic (exact) mass is 240 g/mol. The molecule has 0 saturated heterocycles. The van der Waals surface area contributed by atoms with Crippen molar-refractivity contribution in [3.63, 3.8) is 0 Å². The maximum atomic E-state index is 4.72. The number of benzene rings is 1. The molecule has 0 atom stereocenters. The molecule has 0 N–H and O–H groups in total. The van der Waals surface area contributed by atoms with Crippen LogP contribution in [0.5, 0.6) is 0 Å². The first-order chi connectivity index (χ1) is 8.76. The van der Waals surface area contributed by atoms with E-state index in [1.165, 1.54) is 0 Å². The summed E-state index contributed by atoms with van der Waals surface area (Å²) in [6.07, 6.45) is 0. The Morgan fingerprint density at radius 3 is 1.78 bits per heavy atom. The first-order valence-electron chi connectivity index (χ1n) is 6.27. The zero-order valence-corrected chi connectivity index (χ0v) is 10.7. The molecular weight excluding hydrogens is 224 g/mol. The second-order valence-corrected chi connectivity index (χ2v) is 4.26. The van der Waals surface area contributed by atoms with Gasteiger partial charge in [0.25, 0.3) is 0 Å². The van der Waals surface area contributed by atoms with Gasteiger partial charge in [-0.2, -0.15) is 0 Å². The predicted octanol–water partition coefficient (Wildman–Crippen LogP) is 2.77. The number of rotatable bonds is 2. The van der Waals surface area contributed by atoms with E-state index in [0.717, 1.165) is 41.6 Å². The van der Waals surface area contributed by atoms with E-state index in [4.69, 9.17) is 9.97 Å². The molecule has 0 saturated carbocycles. The molecule has 18 heavy (non-hydrogen) atoms. The molecule has 0 amide bonds. The normalized spacial score (nSPS) is 14.4. The van der Waals surface area contributed by atoms with Gasteiger partial charge in [0.05, 0.1) is 11.0 Å². The van der Waals surface area contributed by atoms with Gasteiger partial charge in [0.15, 0.2) is 11.6 Å². The Labute approximate surface area is 107 Å². The van der Waals surface area contributed by atoms with E-state index >= 15 is 0 Å². The number of anilines is 2. The van der Waals surface area contributed by atoms with Gasteiger partial charge >= 0.3 is 0 Å². The van der Waals surface area contributed by atoms with Crippen LogP contribution in [0.1, 0.15) is 13.8 Å². The van der Waals surface area contributed by atoms with Gasteiger partial charge in [-0.25, -0.2) is 9.97 Å². The lowest BCUT2D eigenvalue weighted by Crippen LogP contribution is -2.27. The summed E-state index contributed by atoms with van der Waals surface area (Å²) < 4.78 is 0. The van der Waals surface area contributed by atoms with Crippen LogP contribution in [0.2, 0.25) is 0 Å². The summed E-state index contributed by atoms with van der Waals surface area (Å²) in [6.45, 7) is 10.1. The van der Waals surface area contributed by atoms with Crippen molar-refractivity contribution in [2.45, 2.75) is 13.8 Å². The topological polar surface area (TPSA) is 32.3 Å². The fourth-order valence-corrected chi connectivity index (χ4v) is 2.40. The van der Waals surface area contributed by atoms with Crippen LogP contribution in [-0.2, 0) is 0 Å². The highest BCUT2D eigenvalue weighted by Crippen LogP contribution is 2.38. The van der Waals surface area contributed by atoms with Gasteiger partial charge in [0.1, 0.15) is 5.82 Å². The van der Waals surface area contributed by atoms with E-state index < -0.39 is 0 Å². The standard InChI is InChI=1S/C14H16N4/c1-4-17-10(3)18(5-2)14-13(17)15-11-8-6-7-9-12(11)16-14/h6-9H,3-5H2,1-2H3. The van der Waals surface area contributed by atoms with Crippen molar-refractivity contribution in [2.24, 2.45) is 0 Å². The number of hydrogen-bond acceptors (Lipinski definition) is 4. The molecule has 0 radical (unpaired) electrons. The maximum absolute atomic E-state index is 4.72. The number of fused-ring (bicyclic) bond motifs is 2. The smallest absolute Gasteiger partial charge is 0.178 e. The average Bonchev–Trinajstić information content (AvgIpc) is 2.66. The zero-order valence-electron chi connectivity index (χ0n) is 10.7. The Bertz CT molecular complexity index is 568. The van der Waals surface area contributed by atoms with E-state index in [9.17, 15) is 0 Å². The molecule has 1 aliphatic heterocycles. The fraction of sp³-hybridized carbons (Fsp3) is 0.286. The molecule has 0 aliphatic carbocycles. The molecule has 0 bridgehead atoms. The van der Waals surface area contributed by atoms with Crippen LogP contribution in [0, 0.1) is 0 Å². The zero-order chi connectivity index (χ0) is 12.7. The van der Waals surface area contributed by atoms with E-state index in [2.05, 4.69) is 30.2 Å². The number of nitrogens with zero attached hydrogens (tertiary/aromatic N) is 4. The quantitative estimate of drug-likeness (QED) is 0.808. The molecule has 92 valence electrons. The van der Waals surface area contributed by atoms with Gasteiger partial charge in [0.2, 0.25) is 0 Å². The molecule has 0 spiro atoms. The number of para-hydroxylation sites is 2. The summed E-state index contributed by atoms with van der Waals surface area (Å²) in [6, 6.07) is 7.96. The van der Waals surface area contributed by atoms with Crippen LogP contribution in [0.25, 0.3) is 11.0 Å². The lowest BCUT2D eigenvalue weighted by atomic mass is 10.3. The molecule has 1 aromatic carbocycles. The van der Waals surface area contributed by atoms with Crippen LogP contribution in [0.4, 0.5) is 11.6 Å². The fourth-order valence-electron chi connectivity index (χ4n) is 2.40. The van der Waals surface area contributed by atoms with Crippen LogP contribution in [0.15, 0.2) is 36.7 Å². The Morgan fingerprint density at radius 1 is 0.944 bits per heavy atom. The summed E-state index contributed by atoms with van der Waals surface area (Å²) in [7, 11) is 0. The van der Waals surface area contributed by atoms with Gasteiger partial charge in [0, 0.05) is 13.1 Å². The second-order valence-electron chi connectivity index (χ2n) is 4.26. The third-order valence-corrected chi connectivity index (χ3v) is 3.30. The molecule has 4 heteroatoms. The SMILES string of the molecule is C=C1N(CC)c2nc3ccccc3nc2N1CC. The molecule has 0 unspecified atom stereocenters. The first kappa shape index (κ1) is 11.0. The molecule has 4 nitrogen and oxygen atoms in total. The highest BCUT2D eigenvalue weighted by Gasteiger charge is 2.31. The Balaban J connectivity index is 2.26. The van der Waals surface area contributed by atoms with Crippen LogP contribution < -0.4 is 9.80 Å². The summed E-state index contributed by atoms with van der Waals surface area (Å²) >= 11 is 0. The average molecular weight is 240 g/mol. The molecule has 1 aliphatic rings. The number of hydrogen-bond donors (Lipinski definition) is 0. The van der Waals surface area contributed by atoms with Crippen molar-refractivity contribution >= 4 is 22.7 Å². The Morgan fingerprint density at radius 2 is 1.39 bits per heavy atom. The van der Waals surface area contributed by atoms with E-state index in [1.807, 2.05) is 24.3 Å². The summed E-state index contributed by atoms with van der Waals surface area (Å²) in [5.74, 6) is 2.80. The van der Waals surface area contributed by atoms with Crippen molar-refractivity contribution in [3.05, 3.63) is 36.7 Å². The Hall–Kier alpha value is -2.10. The van der Waals surface area contributed by atoms with Crippen LogP contribution in [-0.4, -0.2) is 23.1 Å². The predicted molar refractivity (Wildman–Crippen MR) is 74.7 cm³/mol. The molecule has 0 fully saturated rings. The van der Waals surface area contributed by atoms with Gasteiger partial charge in [-0.15, -0.1) is 0 Å². The summed E-state index contributed by atoms with van der Waals surface area (Å²) in [5.41, 5.74) is 1.86. The van der Waals surface area contributed by atoms with Gasteiger partial charge in [-0.05, 0) is 26.0 Å². The first-order valence-corrected chi connectivity index (χ1v) is 6.27. The second kappa shape index (κ2) is 3.98. The minimum atomic E-state index is 0.857. The Kier molecular flexibility index (Phi) is 2.44. The van der Waals surface area contributed by atoms with Crippen molar-refractivity contribution in [3.8, 4) is 0 Å². The summed E-state index contributed by atoms with van der Waals surface area (Å²) in [5, 5.41) is 0. The molecule has 2 heterocycles.